The fraction of sp³-hybridized carbons (Fsp3) is 0.273. The molecule has 0 bridgehead atoms. The van der Waals surface area contributed by atoms with Crippen LogP contribution in [-0.2, 0) is 19.2 Å². The predicted molar refractivity (Wildman–Crippen MR) is 63.7 cm³/mol. The maximum absolute atomic E-state index is 10.7. The van der Waals surface area contributed by atoms with Gasteiger partial charge in [-0.1, -0.05) is 0 Å². The number of primary amides is 2. The van der Waals surface area contributed by atoms with Gasteiger partial charge in [0.15, 0.2) is 0 Å². The highest BCUT2D eigenvalue weighted by molar-refractivity contribution is 5.97. The Bertz CT molecular complexity index is 422. The third-order valence-corrected chi connectivity index (χ3v) is 2.07. The van der Waals surface area contributed by atoms with Crippen molar-refractivity contribution in [1.29, 1.82) is 0 Å². The highest BCUT2D eigenvalue weighted by atomic mass is 16.4. The number of hydrogen-bond acceptors (Lipinski definition) is 4. The van der Waals surface area contributed by atoms with Gasteiger partial charge in [0, 0.05) is 23.3 Å². The normalized spacial score (nSPS) is 12.0. The minimum absolute atomic E-state index is 0.0539. The van der Waals surface area contributed by atoms with Crippen LogP contribution < -0.4 is 11.5 Å². The number of carbonyl (C=O) groups excluding carboxylic acids is 2. The largest absolute Gasteiger partial charge is 0.478 e. The minimum atomic E-state index is -1.31. The smallest absolute Gasteiger partial charge is 0.331 e. The Balaban J connectivity index is 4.64. The first kappa shape index (κ1) is 16.4. The lowest BCUT2D eigenvalue weighted by molar-refractivity contribution is -0.133. The number of aliphatic carboxylic acids is 2. The monoisotopic (exact) mass is 270 g/mol. The van der Waals surface area contributed by atoms with Gasteiger partial charge in [0.2, 0.25) is 11.8 Å². The number of carboxylic acid groups (broad SMARTS) is 2. The predicted octanol–water partition coefficient (Wildman–Crippen LogP) is -0.851. The van der Waals surface area contributed by atoms with E-state index >= 15 is 0 Å². The van der Waals surface area contributed by atoms with E-state index in [1.54, 1.807) is 0 Å². The first-order valence-corrected chi connectivity index (χ1v) is 5.20. The van der Waals surface area contributed by atoms with Crippen LogP contribution in [0.4, 0.5) is 0 Å². The lowest BCUT2D eigenvalue weighted by Gasteiger charge is -2.03. The summed E-state index contributed by atoms with van der Waals surface area (Å²) in [7, 11) is 0. The summed E-state index contributed by atoms with van der Waals surface area (Å²) in [6.07, 6.45) is 1.54. The second-order valence-electron chi connectivity index (χ2n) is 3.61. The molecule has 0 unspecified atom stereocenters. The van der Waals surface area contributed by atoms with Crippen LogP contribution >= 0.6 is 0 Å². The third kappa shape index (κ3) is 7.31. The molecule has 104 valence electrons. The first-order chi connectivity index (χ1) is 8.73. The van der Waals surface area contributed by atoms with Crippen LogP contribution in [0.3, 0.4) is 0 Å². The molecular formula is C11H14N2O6. The van der Waals surface area contributed by atoms with Crippen molar-refractivity contribution in [3.8, 4) is 0 Å². The van der Waals surface area contributed by atoms with Gasteiger partial charge >= 0.3 is 11.9 Å². The van der Waals surface area contributed by atoms with Gasteiger partial charge in [-0.25, -0.2) is 9.59 Å². The number of carboxylic acids is 2. The molecular weight excluding hydrogens is 256 g/mol. The highest BCUT2D eigenvalue weighted by Gasteiger charge is 2.12. The quantitative estimate of drug-likeness (QED) is 0.420. The Kier molecular flexibility index (Phi) is 6.58. The number of rotatable bonds is 8. The molecule has 0 aliphatic heterocycles. The van der Waals surface area contributed by atoms with Crippen molar-refractivity contribution < 1.29 is 29.4 Å². The maximum Gasteiger partial charge on any atom is 0.331 e. The minimum Gasteiger partial charge on any atom is -0.478 e. The van der Waals surface area contributed by atoms with Gasteiger partial charge in [0.25, 0.3) is 0 Å². The van der Waals surface area contributed by atoms with E-state index in [0.717, 1.165) is 12.2 Å². The number of amides is 2. The zero-order chi connectivity index (χ0) is 15.0. The van der Waals surface area contributed by atoms with Crippen LogP contribution in [0.1, 0.15) is 19.3 Å². The van der Waals surface area contributed by atoms with Crippen LogP contribution in [0.25, 0.3) is 0 Å². The van der Waals surface area contributed by atoms with Crippen LogP contribution in [0, 0.1) is 0 Å². The Morgan fingerprint density at radius 1 is 0.789 bits per heavy atom. The van der Waals surface area contributed by atoms with Crippen molar-refractivity contribution in [2.24, 2.45) is 11.5 Å². The summed E-state index contributed by atoms with van der Waals surface area (Å²) in [5.74, 6) is -4.42. The van der Waals surface area contributed by atoms with E-state index in [-0.39, 0.29) is 30.4 Å². The number of hydrogen-bond donors (Lipinski definition) is 4. The molecule has 0 aromatic rings. The van der Waals surface area contributed by atoms with Crippen molar-refractivity contribution in [2.45, 2.75) is 19.3 Å². The Labute approximate surface area is 108 Å². The molecule has 0 spiro atoms. The molecule has 8 heteroatoms. The zero-order valence-corrected chi connectivity index (χ0v) is 9.96. The van der Waals surface area contributed by atoms with Gasteiger partial charge in [0.05, 0.1) is 0 Å². The molecule has 0 saturated carbocycles. The number of carbonyl (C=O) groups is 4. The lowest BCUT2D eigenvalue weighted by atomic mass is 10.0. The van der Waals surface area contributed by atoms with Crippen LogP contribution in [-0.4, -0.2) is 34.0 Å². The van der Waals surface area contributed by atoms with Crippen LogP contribution in [0.15, 0.2) is 23.3 Å². The number of nitrogens with two attached hydrogens (primary N) is 2. The third-order valence-electron chi connectivity index (χ3n) is 2.07. The first-order valence-electron chi connectivity index (χ1n) is 5.20. The average Bonchev–Trinajstić information content (AvgIpc) is 2.24. The van der Waals surface area contributed by atoms with Crippen molar-refractivity contribution in [3.05, 3.63) is 23.3 Å². The molecule has 0 radical (unpaired) electrons. The van der Waals surface area contributed by atoms with E-state index in [0.29, 0.717) is 0 Å². The van der Waals surface area contributed by atoms with Crippen molar-refractivity contribution in [2.75, 3.05) is 0 Å². The van der Waals surface area contributed by atoms with Gasteiger partial charge in [-0.2, -0.15) is 0 Å². The summed E-state index contributed by atoms with van der Waals surface area (Å²) in [5, 5.41) is 17.5. The van der Waals surface area contributed by atoms with Crippen LogP contribution in [0.5, 0.6) is 0 Å². The summed E-state index contributed by atoms with van der Waals surface area (Å²) >= 11 is 0. The lowest BCUT2D eigenvalue weighted by Crippen LogP contribution is -2.12. The molecule has 0 rings (SSSR count). The molecule has 0 aliphatic carbocycles. The molecule has 2 amide bonds. The highest BCUT2D eigenvalue weighted by Crippen LogP contribution is 2.13. The fourth-order valence-corrected chi connectivity index (χ4v) is 1.29. The van der Waals surface area contributed by atoms with E-state index in [2.05, 4.69) is 0 Å². The molecule has 0 atom stereocenters. The molecule has 0 heterocycles. The molecule has 0 aromatic carbocycles. The van der Waals surface area contributed by atoms with E-state index in [1.807, 2.05) is 0 Å². The Morgan fingerprint density at radius 2 is 1.11 bits per heavy atom. The van der Waals surface area contributed by atoms with Crippen molar-refractivity contribution >= 4 is 23.8 Å². The Morgan fingerprint density at radius 3 is 1.32 bits per heavy atom. The van der Waals surface area contributed by atoms with Crippen molar-refractivity contribution in [3.63, 3.8) is 0 Å². The van der Waals surface area contributed by atoms with E-state index < -0.39 is 23.8 Å². The molecule has 0 aromatic heterocycles. The van der Waals surface area contributed by atoms with Gasteiger partial charge in [-0.05, 0) is 19.3 Å². The summed E-state index contributed by atoms with van der Waals surface area (Å²) in [6, 6.07) is 0. The second kappa shape index (κ2) is 7.64. The summed E-state index contributed by atoms with van der Waals surface area (Å²) in [6.45, 7) is 0. The van der Waals surface area contributed by atoms with E-state index in [4.69, 9.17) is 21.7 Å². The van der Waals surface area contributed by atoms with Gasteiger partial charge < -0.3 is 21.7 Å². The SMILES string of the molecule is NC(=O)/C=C(\CCC/C(=C\C(N)=O)C(=O)O)C(=O)O. The topological polar surface area (TPSA) is 161 Å². The summed E-state index contributed by atoms with van der Waals surface area (Å²) in [4.78, 5) is 42.6. The second-order valence-corrected chi connectivity index (χ2v) is 3.61. The molecule has 0 aliphatic rings. The van der Waals surface area contributed by atoms with Gasteiger partial charge in [-0.15, -0.1) is 0 Å². The fourth-order valence-electron chi connectivity index (χ4n) is 1.29. The van der Waals surface area contributed by atoms with E-state index in [9.17, 15) is 19.2 Å². The average molecular weight is 270 g/mol. The van der Waals surface area contributed by atoms with Crippen molar-refractivity contribution in [1.82, 2.24) is 0 Å². The Hall–Kier alpha value is -2.64. The van der Waals surface area contributed by atoms with E-state index in [1.165, 1.54) is 0 Å². The maximum atomic E-state index is 10.7. The molecule has 0 saturated heterocycles. The molecule has 8 nitrogen and oxygen atoms in total. The molecule has 0 fully saturated rings. The summed E-state index contributed by atoms with van der Waals surface area (Å²) < 4.78 is 0. The van der Waals surface area contributed by atoms with Gasteiger partial charge in [-0.3, -0.25) is 9.59 Å². The molecule has 19 heavy (non-hydrogen) atoms. The van der Waals surface area contributed by atoms with Crippen LogP contribution in [0.2, 0.25) is 0 Å². The zero-order valence-electron chi connectivity index (χ0n) is 9.96. The molecule has 6 N–H and O–H groups in total. The summed E-state index contributed by atoms with van der Waals surface area (Å²) in [5.41, 5.74) is 9.21. The standard InChI is InChI=1S/C11H14N2O6/c12-8(14)4-6(10(16)17)2-1-3-7(11(18)19)5-9(13)15/h4-5H,1-3H2,(H2,12,14)(H2,13,15)(H,16,17)(H,18,19)/b6-4+,7-5+. The van der Waals surface area contributed by atoms with Gasteiger partial charge in [0.1, 0.15) is 0 Å².